The fourth-order valence-electron chi connectivity index (χ4n) is 1.50. The smallest absolute Gasteiger partial charge is 0.161 e. The molecule has 84 valence electrons. The van der Waals surface area contributed by atoms with Crippen LogP contribution in [-0.4, -0.2) is 19.0 Å². The zero-order valence-electron chi connectivity index (χ0n) is 9.45. The Bertz CT molecular complexity index is 446. The number of carbonyl (C=O) groups excluding carboxylic acids is 1. The molecular formula is C13H14O3. The average Bonchev–Trinajstić information content (AvgIpc) is 2.28. The number of hydrogen-bond donors (Lipinski definition) is 0. The van der Waals surface area contributed by atoms with Crippen molar-refractivity contribution in [3.8, 4) is 11.5 Å². The van der Waals surface area contributed by atoms with Crippen molar-refractivity contribution in [1.29, 1.82) is 0 Å². The second kappa shape index (κ2) is 4.39. The van der Waals surface area contributed by atoms with E-state index in [4.69, 9.17) is 9.47 Å². The Hall–Kier alpha value is -1.77. The molecule has 2 rings (SSSR count). The van der Waals surface area contributed by atoms with E-state index in [9.17, 15) is 4.79 Å². The summed E-state index contributed by atoms with van der Waals surface area (Å²) in [5.41, 5.74) is 1.69. The van der Waals surface area contributed by atoms with Gasteiger partial charge in [0.2, 0.25) is 0 Å². The van der Waals surface area contributed by atoms with E-state index in [-0.39, 0.29) is 5.78 Å². The number of rotatable bonds is 2. The van der Waals surface area contributed by atoms with Gasteiger partial charge < -0.3 is 9.47 Å². The third kappa shape index (κ3) is 2.24. The highest BCUT2D eigenvalue weighted by molar-refractivity contribution is 5.97. The monoisotopic (exact) mass is 218 g/mol. The van der Waals surface area contributed by atoms with Gasteiger partial charge >= 0.3 is 0 Å². The van der Waals surface area contributed by atoms with Crippen LogP contribution in [-0.2, 0) is 4.79 Å². The summed E-state index contributed by atoms with van der Waals surface area (Å²) in [5, 5.41) is 0. The zero-order valence-corrected chi connectivity index (χ0v) is 9.45. The fraction of sp³-hybridized carbons (Fsp3) is 0.308. The van der Waals surface area contributed by atoms with Crippen LogP contribution in [0.4, 0.5) is 0 Å². The van der Waals surface area contributed by atoms with E-state index in [2.05, 4.69) is 0 Å². The largest absolute Gasteiger partial charge is 0.486 e. The van der Waals surface area contributed by atoms with Crippen molar-refractivity contribution in [1.82, 2.24) is 0 Å². The third-order valence-electron chi connectivity index (χ3n) is 2.50. The van der Waals surface area contributed by atoms with Gasteiger partial charge in [-0.25, -0.2) is 0 Å². The standard InChI is InChI=1S/C13H14O3/c1-9(10(2)14)7-11-3-4-12-13(8-11)16-6-5-15-12/h3-4,7-8H,5-6H2,1-2H3/b9-7+. The SMILES string of the molecule is CC(=O)/C(C)=C/c1ccc2c(c1)OCCO2. The minimum atomic E-state index is 0.0786. The number of allylic oxidation sites excluding steroid dienone is 1. The molecule has 0 saturated carbocycles. The van der Waals surface area contributed by atoms with E-state index in [1.165, 1.54) is 0 Å². The van der Waals surface area contributed by atoms with Crippen molar-refractivity contribution in [3.63, 3.8) is 0 Å². The number of Topliss-reactive ketones (excluding diaryl/α,β-unsaturated/α-hetero) is 1. The molecule has 1 heterocycles. The Balaban J connectivity index is 2.30. The molecule has 0 aliphatic carbocycles. The maximum Gasteiger partial charge on any atom is 0.161 e. The van der Waals surface area contributed by atoms with Crippen LogP contribution in [0.15, 0.2) is 23.8 Å². The highest BCUT2D eigenvalue weighted by Gasteiger charge is 2.11. The van der Waals surface area contributed by atoms with Crippen molar-refractivity contribution < 1.29 is 14.3 Å². The Morgan fingerprint density at radius 3 is 2.56 bits per heavy atom. The first-order chi connectivity index (χ1) is 7.66. The molecule has 0 N–H and O–H groups in total. The van der Waals surface area contributed by atoms with Gasteiger partial charge in [0.15, 0.2) is 17.3 Å². The second-order valence-electron chi connectivity index (χ2n) is 3.79. The molecule has 3 nitrogen and oxygen atoms in total. The topological polar surface area (TPSA) is 35.5 Å². The van der Waals surface area contributed by atoms with Crippen LogP contribution in [0.3, 0.4) is 0 Å². The molecule has 1 aromatic carbocycles. The van der Waals surface area contributed by atoms with Crippen molar-refractivity contribution in [2.24, 2.45) is 0 Å². The number of benzene rings is 1. The van der Waals surface area contributed by atoms with Crippen LogP contribution in [0.5, 0.6) is 11.5 Å². The van der Waals surface area contributed by atoms with Gasteiger partial charge in [0.25, 0.3) is 0 Å². The van der Waals surface area contributed by atoms with Gasteiger partial charge in [-0.05, 0) is 43.2 Å². The predicted octanol–water partition coefficient (Wildman–Crippen LogP) is 2.45. The molecule has 3 heteroatoms. The molecule has 1 aliphatic heterocycles. The summed E-state index contributed by atoms with van der Waals surface area (Å²) in [4.78, 5) is 11.1. The lowest BCUT2D eigenvalue weighted by atomic mass is 10.1. The molecular weight excluding hydrogens is 204 g/mol. The summed E-state index contributed by atoms with van der Waals surface area (Å²) < 4.78 is 10.9. The molecule has 0 saturated heterocycles. The quantitative estimate of drug-likeness (QED) is 0.715. The molecule has 0 spiro atoms. The van der Waals surface area contributed by atoms with Crippen molar-refractivity contribution in [2.45, 2.75) is 13.8 Å². The molecule has 1 aromatic rings. The van der Waals surface area contributed by atoms with E-state index in [1.54, 1.807) is 13.8 Å². The summed E-state index contributed by atoms with van der Waals surface area (Å²) in [6.07, 6.45) is 1.85. The van der Waals surface area contributed by atoms with E-state index < -0.39 is 0 Å². The Kier molecular flexibility index (Phi) is 2.95. The predicted molar refractivity (Wildman–Crippen MR) is 61.8 cm³/mol. The lowest BCUT2D eigenvalue weighted by molar-refractivity contribution is -0.113. The highest BCUT2D eigenvalue weighted by Crippen LogP contribution is 2.31. The summed E-state index contributed by atoms with van der Waals surface area (Å²) in [5.74, 6) is 1.59. The molecule has 16 heavy (non-hydrogen) atoms. The minimum absolute atomic E-state index is 0.0786. The van der Waals surface area contributed by atoms with Crippen LogP contribution in [0.25, 0.3) is 6.08 Å². The first-order valence-corrected chi connectivity index (χ1v) is 5.26. The van der Waals surface area contributed by atoms with Gasteiger partial charge in [0.05, 0.1) is 0 Å². The lowest BCUT2D eigenvalue weighted by Gasteiger charge is -2.18. The number of fused-ring (bicyclic) bond motifs is 1. The van der Waals surface area contributed by atoms with Gasteiger partial charge in [-0.2, -0.15) is 0 Å². The van der Waals surface area contributed by atoms with Crippen molar-refractivity contribution in [3.05, 3.63) is 29.3 Å². The van der Waals surface area contributed by atoms with Crippen molar-refractivity contribution >= 4 is 11.9 Å². The normalized spacial score (nSPS) is 14.8. The van der Waals surface area contributed by atoms with Crippen LogP contribution in [0.1, 0.15) is 19.4 Å². The summed E-state index contributed by atoms with van der Waals surface area (Å²) >= 11 is 0. The number of hydrogen-bond acceptors (Lipinski definition) is 3. The number of carbonyl (C=O) groups is 1. The molecule has 0 bridgehead atoms. The summed E-state index contributed by atoms with van der Waals surface area (Å²) in [6.45, 7) is 4.53. The summed E-state index contributed by atoms with van der Waals surface area (Å²) in [7, 11) is 0. The van der Waals surface area contributed by atoms with Crippen LogP contribution >= 0.6 is 0 Å². The van der Waals surface area contributed by atoms with Gasteiger partial charge in [-0.15, -0.1) is 0 Å². The van der Waals surface area contributed by atoms with E-state index in [0.717, 1.165) is 22.6 Å². The van der Waals surface area contributed by atoms with Crippen molar-refractivity contribution in [2.75, 3.05) is 13.2 Å². The average molecular weight is 218 g/mol. The summed E-state index contributed by atoms with van der Waals surface area (Å²) in [6, 6.07) is 5.68. The molecule has 0 radical (unpaired) electrons. The van der Waals surface area contributed by atoms with Gasteiger partial charge in [0, 0.05) is 0 Å². The fourth-order valence-corrected chi connectivity index (χ4v) is 1.50. The maximum absolute atomic E-state index is 11.1. The van der Waals surface area contributed by atoms with Crippen LogP contribution < -0.4 is 9.47 Å². The first kappa shape index (κ1) is 10.7. The Morgan fingerprint density at radius 1 is 1.19 bits per heavy atom. The maximum atomic E-state index is 11.1. The van der Waals surface area contributed by atoms with E-state index in [1.807, 2.05) is 24.3 Å². The van der Waals surface area contributed by atoms with E-state index >= 15 is 0 Å². The van der Waals surface area contributed by atoms with Gasteiger partial charge in [-0.3, -0.25) is 4.79 Å². The minimum Gasteiger partial charge on any atom is -0.486 e. The lowest BCUT2D eigenvalue weighted by Crippen LogP contribution is -2.15. The Morgan fingerprint density at radius 2 is 1.88 bits per heavy atom. The van der Waals surface area contributed by atoms with Gasteiger partial charge in [0.1, 0.15) is 13.2 Å². The molecule has 0 atom stereocenters. The molecule has 0 fully saturated rings. The first-order valence-electron chi connectivity index (χ1n) is 5.26. The highest BCUT2D eigenvalue weighted by atomic mass is 16.6. The number of ether oxygens (including phenoxy) is 2. The molecule has 0 unspecified atom stereocenters. The number of ketones is 1. The van der Waals surface area contributed by atoms with E-state index in [0.29, 0.717) is 13.2 Å². The molecule has 1 aliphatic rings. The molecule has 0 aromatic heterocycles. The van der Waals surface area contributed by atoms with Crippen LogP contribution in [0.2, 0.25) is 0 Å². The van der Waals surface area contributed by atoms with Gasteiger partial charge in [-0.1, -0.05) is 6.07 Å². The van der Waals surface area contributed by atoms with Crippen LogP contribution in [0, 0.1) is 0 Å². The second-order valence-corrected chi connectivity index (χ2v) is 3.79. The Labute approximate surface area is 94.7 Å². The third-order valence-corrected chi connectivity index (χ3v) is 2.50. The zero-order chi connectivity index (χ0) is 11.5. The molecule has 0 amide bonds.